The molecule has 1 unspecified atom stereocenters. The molecule has 1 aliphatic carbocycles. The number of hydrogen-bond acceptors (Lipinski definition) is 1. The van der Waals surface area contributed by atoms with Crippen molar-refractivity contribution in [2.75, 3.05) is 6.54 Å². The lowest BCUT2D eigenvalue weighted by Crippen LogP contribution is -2.22. The van der Waals surface area contributed by atoms with Crippen LogP contribution in [0.5, 0.6) is 0 Å². The number of halogens is 2. The molecule has 0 heterocycles. The standard InChI is InChI=1S/C17H25Br2N/c1-2-20-17(11-8-13-6-4-3-5-7-13)15-12-14(18)9-10-16(15)19/h9-10,12-13,17,20H,2-8,11H2,1H3. The van der Waals surface area contributed by atoms with Crippen LogP contribution in [0, 0.1) is 5.92 Å². The van der Waals surface area contributed by atoms with Gasteiger partial charge < -0.3 is 5.32 Å². The van der Waals surface area contributed by atoms with Crippen LogP contribution in [0.2, 0.25) is 0 Å². The molecule has 1 N–H and O–H groups in total. The highest BCUT2D eigenvalue weighted by Crippen LogP contribution is 2.33. The van der Waals surface area contributed by atoms with Gasteiger partial charge in [-0.25, -0.2) is 0 Å². The van der Waals surface area contributed by atoms with Crippen molar-refractivity contribution in [2.45, 2.75) is 57.9 Å². The van der Waals surface area contributed by atoms with Gasteiger partial charge in [-0.15, -0.1) is 0 Å². The van der Waals surface area contributed by atoms with E-state index in [1.807, 2.05) is 0 Å². The summed E-state index contributed by atoms with van der Waals surface area (Å²) in [5.74, 6) is 0.954. The van der Waals surface area contributed by atoms with E-state index in [1.165, 1.54) is 55.0 Å². The molecule has 0 saturated heterocycles. The van der Waals surface area contributed by atoms with Crippen molar-refractivity contribution in [1.29, 1.82) is 0 Å². The van der Waals surface area contributed by atoms with Crippen LogP contribution in [0.15, 0.2) is 27.1 Å². The molecule has 0 aromatic heterocycles. The van der Waals surface area contributed by atoms with Crippen LogP contribution in [0.1, 0.15) is 63.5 Å². The van der Waals surface area contributed by atoms with Crippen LogP contribution in [0.3, 0.4) is 0 Å². The maximum absolute atomic E-state index is 3.71. The Morgan fingerprint density at radius 3 is 2.65 bits per heavy atom. The van der Waals surface area contributed by atoms with E-state index >= 15 is 0 Å². The first kappa shape index (κ1) is 16.5. The van der Waals surface area contributed by atoms with Crippen molar-refractivity contribution < 1.29 is 0 Å². The van der Waals surface area contributed by atoms with Gasteiger partial charge in [-0.05, 0) is 49.1 Å². The van der Waals surface area contributed by atoms with Gasteiger partial charge in [0.05, 0.1) is 0 Å². The monoisotopic (exact) mass is 401 g/mol. The average Bonchev–Trinajstić information content (AvgIpc) is 2.47. The highest BCUT2D eigenvalue weighted by Gasteiger charge is 2.18. The molecule has 1 aliphatic rings. The van der Waals surface area contributed by atoms with Crippen molar-refractivity contribution in [2.24, 2.45) is 5.92 Å². The van der Waals surface area contributed by atoms with Crippen LogP contribution in [0.25, 0.3) is 0 Å². The second kappa shape index (κ2) is 8.55. The molecule has 1 aromatic carbocycles. The molecular formula is C17H25Br2N. The summed E-state index contributed by atoms with van der Waals surface area (Å²) in [6.07, 6.45) is 9.82. The molecule has 0 radical (unpaired) electrons. The zero-order chi connectivity index (χ0) is 14.4. The van der Waals surface area contributed by atoms with Gasteiger partial charge in [0.25, 0.3) is 0 Å². The minimum Gasteiger partial charge on any atom is -0.310 e. The summed E-state index contributed by atoms with van der Waals surface area (Å²) in [6, 6.07) is 6.95. The third-order valence-electron chi connectivity index (χ3n) is 4.37. The van der Waals surface area contributed by atoms with Crippen molar-refractivity contribution in [3.63, 3.8) is 0 Å². The third kappa shape index (κ3) is 4.85. The van der Waals surface area contributed by atoms with Crippen LogP contribution < -0.4 is 5.32 Å². The first-order valence-electron chi connectivity index (χ1n) is 7.89. The highest BCUT2D eigenvalue weighted by atomic mass is 79.9. The number of rotatable bonds is 6. The minimum atomic E-state index is 0.466. The van der Waals surface area contributed by atoms with Crippen LogP contribution in [0.4, 0.5) is 0 Å². The normalized spacial score (nSPS) is 18.1. The fourth-order valence-corrected chi connectivity index (χ4v) is 4.18. The quantitative estimate of drug-likeness (QED) is 0.595. The third-order valence-corrected chi connectivity index (χ3v) is 5.59. The molecule has 0 amide bonds. The maximum Gasteiger partial charge on any atom is 0.0331 e. The zero-order valence-electron chi connectivity index (χ0n) is 12.3. The van der Waals surface area contributed by atoms with Crippen LogP contribution in [-0.2, 0) is 0 Å². The molecule has 0 bridgehead atoms. The van der Waals surface area contributed by atoms with Gasteiger partial charge in [-0.2, -0.15) is 0 Å². The van der Waals surface area contributed by atoms with Gasteiger partial charge in [0.15, 0.2) is 0 Å². The van der Waals surface area contributed by atoms with E-state index in [9.17, 15) is 0 Å². The molecule has 0 spiro atoms. The number of benzene rings is 1. The van der Waals surface area contributed by atoms with Gasteiger partial charge >= 0.3 is 0 Å². The van der Waals surface area contributed by atoms with E-state index in [0.717, 1.165) is 16.9 Å². The van der Waals surface area contributed by atoms with Crippen molar-refractivity contribution in [3.8, 4) is 0 Å². The molecule has 1 atom stereocenters. The Morgan fingerprint density at radius 1 is 1.20 bits per heavy atom. The molecular weight excluding hydrogens is 378 g/mol. The lowest BCUT2D eigenvalue weighted by molar-refractivity contribution is 0.315. The Labute approximate surface area is 140 Å². The van der Waals surface area contributed by atoms with Crippen LogP contribution in [-0.4, -0.2) is 6.54 Å². The summed E-state index contributed by atoms with van der Waals surface area (Å²) in [7, 11) is 0. The second-order valence-electron chi connectivity index (χ2n) is 5.86. The fourth-order valence-electron chi connectivity index (χ4n) is 3.27. The van der Waals surface area contributed by atoms with E-state index in [-0.39, 0.29) is 0 Å². The van der Waals surface area contributed by atoms with E-state index in [2.05, 4.69) is 62.3 Å². The van der Waals surface area contributed by atoms with E-state index in [0.29, 0.717) is 6.04 Å². The first-order chi connectivity index (χ1) is 9.70. The first-order valence-corrected chi connectivity index (χ1v) is 9.47. The van der Waals surface area contributed by atoms with Crippen molar-refractivity contribution in [3.05, 3.63) is 32.7 Å². The molecule has 1 fully saturated rings. The summed E-state index contributed by atoms with van der Waals surface area (Å²) in [5.41, 5.74) is 1.39. The van der Waals surface area contributed by atoms with Crippen LogP contribution >= 0.6 is 31.9 Å². The predicted molar refractivity (Wildman–Crippen MR) is 94.1 cm³/mol. The van der Waals surface area contributed by atoms with Gasteiger partial charge in [0.2, 0.25) is 0 Å². The molecule has 0 aliphatic heterocycles. The van der Waals surface area contributed by atoms with Gasteiger partial charge in [0, 0.05) is 15.0 Å². The molecule has 112 valence electrons. The summed E-state index contributed by atoms with van der Waals surface area (Å²) >= 11 is 7.30. The fraction of sp³-hybridized carbons (Fsp3) is 0.647. The van der Waals surface area contributed by atoms with Gasteiger partial charge in [-0.3, -0.25) is 0 Å². The zero-order valence-corrected chi connectivity index (χ0v) is 15.5. The van der Waals surface area contributed by atoms with E-state index in [1.54, 1.807) is 0 Å². The lowest BCUT2D eigenvalue weighted by Gasteiger charge is -2.25. The summed E-state index contributed by atoms with van der Waals surface area (Å²) in [5, 5.41) is 3.66. The smallest absolute Gasteiger partial charge is 0.0331 e. The topological polar surface area (TPSA) is 12.0 Å². The maximum atomic E-state index is 3.71. The predicted octanol–water partition coefficient (Wildman–Crippen LogP) is 6.22. The van der Waals surface area contributed by atoms with E-state index < -0.39 is 0 Å². The Balaban J connectivity index is 2.00. The Morgan fingerprint density at radius 2 is 1.95 bits per heavy atom. The van der Waals surface area contributed by atoms with Crippen molar-refractivity contribution in [1.82, 2.24) is 5.32 Å². The highest BCUT2D eigenvalue weighted by molar-refractivity contribution is 9.11. The molecule has 1 saturated carbocycles. The average molecular weight is 403 g/mol. The minimum absolute atomic E-state index is 0.466. The SMILES string of the molecule is CCNC(CCC1CCCCC1)c1cc(Br)ccc1Br. The summed E-state index contributed by atoms with van der Waals surface area (Å²) in [4.78, 5) is 0. The largest absolute Gasteiger partial charge is 0.310 e. The molecule has 1 aromatic rings. The van der Waals surface area contributed by atoms with Crippen molar-refractivity contribution >= 4 is 31.9 Å². The second-order valence-corrected chi connectivity index (χ2v) is 7.63. The number of hydrogen-bond donors (Lipinski definition) is 1. The molecule has 20 heavy (non-hydrogen) atoms. The van der Waals surface area contributed by atoms with Gasteiger partial charge in [0.1, 0.15) is 0 Å². The molecule has 3 heteroatoms. The Kier molecular flexibility index (Phi) is 7.06. The Hall–Kier alpha value is 0.140. The summed E-state index contributed by atoms with van der Waals surface area (Å²) in [6.45, 7) is 3.22. The summed E-state index contributed by atoms with van der Waals surface area (Å²) < 4.78 is 2.38. The lowest BCUT2D eigenvalue weighted by atomic mass is 9.84. The molecule has 2 rings (SSSR count). The molecule has 1 nitrogen and oxygen atoms in total. The Bertz CT molecular complexity index is 413. The van der Waals surface area contributed by atoms with Gasteiger partial charge in [-0.1, -0.05) is 70.9 Å². The van der Waals surface area contributed by atoms with E-state index in [4.69, 9.17) is 0 Å². The number of nitrogens with one attached hydrogen (secondary N) is 1.